The molecule has 0 amide bonds. The summed E-state index contributed by atoms with van der Waals surface area (Å²) in [6.07, 6.45) is 1.01. The van der Waals surface area contributed by atoms with Crippen molar-refractivity contribution in [3.8, 4) is 0 Å². The van der Waals surface area contributed by atoms with Crippen LogP contribution in [0.15, 0.2) is 72.8 Å². The van der Waals surface area contributed by atoms with Gasteiger partial charge in [0.25, 0.3) is 0 Å². The molecule has 0 aliphatic rings. The SMILES string of the molecule is CCCOCCOCc1ccc(C(=O)OCC)c2ccccc12.CCOC(=O)c1ccc(CBr)c2ccccc12. The van der Waals surface area contributed by atoms with E-state index in [4.69, 9.17) is 18.9 Å². The van der Waals surface area contributed by atoms with Gasteiger partial charge in [-0.3, -0.25) is 0 Å². The minimum atomic E-state index is -0.288. The lowest BCUT2D eigenvalue weighted by molar-refractivity contribution is 0.0412. The zero-order valence-corrected chi connectivity index (χ0v) is 25.0. The Morgan fingerprint density at radius 2 is 1.07 bits per heavy atom. The number of carbonyl (C=O) groups is 2. The number of benzene rings is 4. The maximum atomic E-state index is 12.1. The van der Waals surface area contributed by atoms with Crippen molar-refractivity contribution in [1.29, 1.82) is 0 Å². The van der Waals surface area contributed by atoms with E-state index in [2.05, 4.69) is 22.9 Å². The first-order valence-corrected chi connectivity index (χ1v) is 14.7. The van der Waals surface area contributed by atoms with Gasteiger partial charge in [0.05, 0.1) is 44.2 Å². The number of hydrogen-bond acceptors (Lipinski definition) is 6. The average Bonchev–Trinajstić information content (AvgIpc) is 2.98. The fourth-order valence-corrected chi connectivity index (χ4v) is 4.77. The van der Waals surface area contributed by atoms with E-state index in [1.807, 2.05) is 86.6 Å². The van der Waals surface area contributed by atoms with Gasteiger partial charge in [-0.05, 0) is 65.1 Å². The smallest absolute Gasteiger partial charge is 0.338 e. The van der Waals surface area contributed by atoms with E-state index in [1.165, 1.54) is 5.56 Å². The molecule has 0 aliphatic heterocycles. The van der Waals surface area contributed by atoms with Gasteiger partial charge in [-0.1, -0.05) is 83.5 Å². The van der Waals surface area contributed by atoms with Crippen LogP contribution < -0.4 is 0 Å². The molecule has 4 rings (SSSR count). The van der Waals surface area contributed by atoms with Gasteiger partial charge in [-0.25, -0.2) is 9.59 Å². The molecule has 0 saturated carbocycles. The van der Waals surface area contributed by atoms with Crippen molar-refractivity contribution in [3.63, 3.8) is 0 Å². The topological polar surface area (TPSA) is 71.1 Å². The number of fused-ring (bicyclic) bond motifs is 2. The maximum absolute atomic E-state index is 12.1. The second-order valence-corrected chi connectivity index (χ2v) is 9.44. The zero-order chi connectivity index (χ0) is 28.7. The molecule has 0 N–H and O–H groups in total. The van der Waals surface area contributed by atoms with E-state index in [0.717, 1.165) is 45.5 Å². The molecule has 0 spiro atoms. The first-order chi connectivity index (χ1) is 19.5. The average molecular weight is 610 g/mol. The quantitative estimate of drug-likeness (QED) is 0.0925. The molecule has 7 heteroatoms. The number of alkyl halides is 1. The molecule has 40 heavy (non-hydrogen) atoms. The van der Waals surface area contributed by atoms with E-state index in [0.29, 0.717) is 44.2 Å². The Bertz CT molecular complexity index is 1400. The van der Waals surface area contributed by atoms with Gasteiger partial charge in [0.1, 0.15) is 0 Å². The summed E-state index contributed by atoms with van der Waals surface area (Å²) in [7, 11) is 0. The van der Waals surface area contributed by atoms with Gasteiger partial charge < -0.3 is 18.9 Å². The highest BCUT2D eigenvalue weighted by Gasteiger charge is 2.14. The summed E-state index contributed by atoms with van der Waals surface area (Å²) in [5, 5.41) is 4.73. The molecule has 0 fully saturated rings. The summed E-state index contributed by atoms with van der Waals surface area (Å²) < 4.78 is 21.3. The molecule has 4 aromatic rings. The summed E-state index contributed by atoms with van der Waals surface area (Å²) in [6, 6.07) is 23.3. The van der Waals surface area contributed by atoms with Crippen molar-refractivity contribution in [2.75, 3.05) is 33.0 Å². The van der Waals surface area contributed by atoms with Gasteiger partial charge in [0.15, 0.2) is 0 Å². The van der Waals surface area contributed by atoms with Gasteiger partial charge in [-0.2, -0.15) is 0 Å². The predicted octanol–water partition coefficient (Wildman–Crippen LogP) is 7.87. The second-order valence-electron chi connectivity index (χ2n) is 8.88. The summed E-state index contributed by atoms with van der Waals surface area (Å²) in [4.78, 5) is 23.9. The molecule has 0 bridgehead atoms. The van der Waals surface area contributed by atoms with Crippen LogP contribution in [0.2, 0.25) is 0 Å². The van der Waals surface area contributed by atoms with E-state index < -0.39 is 0 Å². The van der Waals surface area contributed by atoms with Crippen LogP contribution in [0.5, 0.6) is 0 Å². The van der Waals surface area contributed by atoms with Crippen LogP contribution in [0, 0.1) is 0 Å². The monoisotopic (exact) mass is 608 g/mol. The molecular weight excluding hydrogens is 572 g/mol. The zero-order valence-electron chi connectivity index (χ0n) is 23.4. The largest absolute Gasteiger partial charge is 0.462 e. The van der Waals surface area contributed by atoms with Crippen molar-refractivity contribution in [1.82, 2.24) is 0 Å². The van der Waals surface area contributed by atoms with Crippen molar-refractivity contribution in [3.05, 3.63) is 95.1 Å². The Kier molecular flexibility index (Phi) is 13.1. The highest BCUT2D eigenvalue weighted by atomic mass is 79.9. The van der Waals surface area contributed by atoms with Gasteiger partial charge in [0.2, 0.25) is 0 Å². The van der Waals surface area contributed by atoms with Gasteiger partial charge >= 0.3 is 11.9 Å². The molecule has 0 radical (unpaired) electrons. The molecule has 0 aromatic heterocycles. The summed E-state index contributed by atoms with van der Waals surface area (Å²) in [5.74, 6) is -0.547. The maximum Gasteiger partial charge on any atom is 0.338 e. The standard InChI is InChI=1S/C19H24O4.C14H13BrO2/c1-3-11-21-12-13-22-14-15-9-10-18(19(20)23-4-2)17-8-6-5-7-16(15)17;1-2-17-14(16)13-8-7-10(9-15)11-5-3-4-6-12(11)13/h5-10H,3-4,11-14H2,1-2H3;3-8H,2,9H2,1H3. The van der Waals surface area contributed by atoms with Crippen LogP contribution in [0.3, 0.4) is 0 Å². The van der Waals surface area contributed by atoms with Crippen LogP contribution in [0.25, 0.3) is 21.5 Å². The summed E-state index contributed by atoms with van der Waals surface area (Å²) in [5.41, 5.74) is 3.46. The van der Waals surface area contributed by atoms with E-state index in [9.17, 15) is 9.59 Å². The minimum absolute atomic E-state index is 0.259. The first-order valence-electron chi connectivity index (χ1n) is 13.6. The second kappa shape index (κ2) is 16.8. The third kappa shape index (κ3) is 8.37. The summed E-state index contributed by atoms with van der Waals surface area (Å²) in [6.45, 7) is 8.90. The number of halogens is 1. The van der Waals surface area contributed by atoms with Crippen molar-refractivity contribution >= 4 is 49.4 Å². The first kappa shape index (κ1) is 31.3. The van der Waals surface area contributed by atoms with Crippen LogP contribution in [-0.4, -0.2) is 45.0 Å². The van der Waals surface area contributed by atoms with Crippen molar-refractivity contribution < 1.29 is 28.5 Å². The number of carbonyl (C=O) groups excluding carboxylic acids is 2. The molecule has 0 atom stereocenters. The molecule has 0 aliphatic carbocycles. The highest BCUT2D eigenvalue weighted by Crippen LogP contribution is 2.26. The van der Waals surface area contributed by atoms with Crippen LogP contribution in [0.4, 0.5) is 0 Å². The fourth-order valence-electron chi connectivity index (χ4n) is 4.29. The molecule has 0 heterocycles. The Labute approximate surface area is 244 Å². The number of hydrogen-bond donors (Lipinski definition) is 0. The van der Waals surface area contributed by atoms with Gasteiger partial charge in [-0.15, -0.1) is 0 Å². The Morgan fingerprint density at radius 1 is 0.600 bits per heavy atom. The molecule has 4 aromatic carbocycles. The Morgan fingerprint density at radius 3 is 1.57 bits per heavy atom. The Balaban J connectivity index is 0.000000230. The number of esters is 2. The minimum Gasteiger partial charge on any atom is -0.462 e. The molecule has 212 valence electrons. The van der Waals surface area contributed by atoms with Crippen molar-refractivity contribution in [2.45, 2.75) is 39.1 Å². The highest BCUT2D eigenvalue weighted by molar-refractivity contribution is 9.08. The Hall–Kier alpha value is -3.26. The molecule has 6 nitrogen and oxygen atoms in total. The third-order valence-corrected chi connectivity index (χ3v) is 6.75. The predicted molar refractivity (Wildman–Crippen MR) is 163 cm³/mol. The molecule has 0 saturated heterocycles. The fraction of sp³-hybridized carbons (Fsp3) is 0.333. The van der Waals surface area contributed by atoms with Crippen LogP contribution >= 0.6 is 15.9 Å². The lowest BCUT2D eigenvalue weighted by atomic mass is 10.00. The van der Waals surface area contributed by atoms with Crippen LogP contribution in [0.1, 0.15) is 59.0 Å². The van der Waals surface area contributed by atoms with Crippen LogP contribution in [-0.2, 0) is 30.9 Å². The summed E-state index contributed by atoms with van der Waals surface area (Å²) >= 11 is 3.45. The van der Waals surface area contributed by atoms with E-state index in [-0.39, 0.29) is 11.9 Å². The van der Waals surface area contributed by atoms with Gasteiger partial charge in [0, 0.05) is 11.9 Å². The van der Waals surface area contributed by atoms with E-state index in [1.54, 1.807) is 0 Å². The normalized spacial score (nSPS) is 10.7. The van der Waals surface area contributed by atoms with Crippen molar-refractivity contribution in [2.24, 2.45) is 0 Å². The lowest BCUT2D eigenvalue weighted by Crippen LogP contribution is -2.07. The molecule has 0 unspecified atom stereocenters. The number of rotatable bonds is 12. The third-order valence-electron chi connectivity index (χ3n) is 6.14. The number of ether oxygens (including phenoxy) is 4. The van der Waals surface area contributed by atoms with E-state index >= 15 is 0 Å². The lowest BCUT2D eigenvalue weighted by Gasteiger charge is -2.11. The molecular formula is C33H37BrO6.